The molecule has 9 heteroatoms. The van der Waals surface area contributed by atoms with Crippen LogP contribution in [0.25, 0.3) is 0 Å². The SMILES string of the molecule is CCn1cc(C(N)c2noc(C(F)(F)F)n2)cn1. The first-order chi connectivity index (χ1) is 8.41. The van der Waals surface area contributed by atoms with Crippen LogP contribution in [-0.2, 0) is 12.7 Å². The standard InChI is InChI=1S/C9H10F3N5O/c1-2-17-4-5(3-14-17)6(13)7-15-8(18-16-7)9(10,11)12/h3-4,6H,2,13H2,1H3. The Kier molecular flexibility index (Phi) is 3.07. The van der Waals surface area contributed by atoms with Crippen molar-refractivity contribution in [1.82, 2.24) is 19.9 Å². The topological polar surface area (TPSA) is 82.8 Å². The Hall–Kier alpha value is -1.90. The molecule has 1 atom stereocenters. The Bertz CT molecular complexity index is 532. The maximum Gasteiger partial charge on any atom is 0.471 e. The molecule has 0 saturated carbocycles. The van der Waals surface area contributed by atoms with Gasteiger partial charge >= 0.3 is 12.1 Å². The molecule has 0 saturated heterocycles. The Morgan fingerprint density at radius 1 is 1.50 bits per heavy atom. The van der Waals surface area contributed by atoms with Gasteiger partial charge in [-0.2, -0.15) is 23.3 Å². The van der Waals surface area contributed by atoms with Gasteiger partial charge in [0.2, 0.25) is 0 Å². The van der Waals surface area contributed by atoms with Crippen LogP contribution >= 0.6 is 0 Å². The second kappa shape index (κ2) is 4.41. The highest BCUT2D eigenvalue weighted by atomic mass is 19.4. The molecular weight excluding hydrogens is 251 g/mol. The van der Waals surface area contributed by atoms with Crippen LogP contribution in [0.3, 0.4) is 0 Å². The Labute approximate surface area is 99.6 Å². The van der Waals surface area contributed by atoms with Gasteiger partial charge in [0.1, 0.15) is 0 Å². The molecule has 2 aromatic heterocycles. The fraction of sp³-hybridized carbons (Fsp3) is 0.444. The van der Waals surface area contributed by atoms with Gasteiger partial charge in [0.05, 0.1) is 12.2 Å². The highest BCUT2D eigenvalue weighted by Gasteiger charge is 2.39. The third kappa shape index (κ3) is 2.35. The number of hydrogen-bond acceptors (Lipinski definition) is 5. The lowest BCUT2D eigenvalue weighted by Gasteiger charge is -2.02. The van der Waals surface area contributed by atoms with Crippen LogP contribution in [-0.4, -0.2) is 19.9 Å². The normalized spacial score (nSPS) is 13.8. The minimum atomic E-state index is -4.67. The molecule has 98 valence electrons. The summed E-state index contributed by atoms with van der Waals surface area (Å²) in [6.45, 7) is 2.51. The predicted octanol–water partition coefficient (Wildman–Crippen LogP) is 1.35. The van der Waals surface area contributed by atoms with Gasteiger partial charge in [-0.15, -0.1) is 0 Å². The van der Waals surface area contributed by atoms with Gasteiger partial charge in [0, 0.05) is 18.3 Å². The van der Waals surface area contributed by atoms with Gasteiger partial charge in [-0.1, -0.05) is 5.16 Å². The van der Waals surface area contributed by atoms with Crippen molar-refractivity contribution in [3.63, 3.8) is 0 Å². The molecular formula is C9H10F3N5O. The van der Waals surface area contributed by atoms with E-state index in [1.807, 2.05) is 6.92 Å². The van der Waals surface area contributed by atoms with Crippen LogP contribution in [0.1, 0.15) is 30.2 Å². The van der Waals surface area contributed by atoms with E-state index in [0.717, 1.165) is 0 Å². The first kappa shape index (κ1) is 12.6. The maximum absolute atomic E-state index is 12.3. The summed E-state index contributed by atoms with van der Waals surface area (Å²) in [4.78, 5) is 3.23. The van der Waals surface area contributed by atoms with Gasteiger partial charge in [0.25, 0.3) is 0 Å². The summed E-state index contributed by atoms with van der Waals surface area (Å²) in [5, 5.41) is 7.19. The second-order valence-corrected chi connectivity index (χ2v) is 3.56. The zero-order valence-electron chi connectivity index (χ0n) is 9.35. The summed E-state index contributed by atoms with van der Waals surface area (Å²) < 4.78 is 42.5. The van der Waals surface area contributed by atoms with Crippen molar-refractivity contribution in [2.24, 2.45) is 5.73 Å². The lowest BCUT2D eigenvalue weighted by Crippen LogP contribution is -2.14. The molecule has 0 radical (unpaired) electrons. The molecule has 2 aromatic rings. The van der Waals surface area contributed by atoms with E-state index >= 15 is 0 Å². The van der Waals surface area contributed by atoms with Crippen molar-refractivity contribution in [3.05, 3.63) is 29.7 Å². The van der Waals surface area contributed by atoms with Crippen LogP contribution in [0.4, 0.5) is 13.2 Å². The number of nitrogens with two attached hydrogens (primary N) is 1. The van der Waals surface area contributed by atoms with E-state index in [0.29, 0.717) is 12.1 Å². The van der Waals surface area contributed by atoms with Crippen molar-refractivity contribution in [2.75, 3.05) is 0 Å². The summed E-state index contributed by atoms with van der Waals surface area (Å²) in [5.74, 6) is -1.63. The van der Waals surface area contributed by atoms with Crippen LogP contribution in [0.5, 0.6) is 0 Å². The average Bonchev–Trinajstić information content (AvgIpc) is 2.96. The Morgan fingerprint density at radius 3 is 2.72 bits per heavy atom. The molecule has 0 aromatic carbocycles. The first-order valence-electron chi connectivity index (χ1n) is 5.10. The molecule has 0 aliphatic heterocycles. The second-order valence-electron chi connectivity index (χ2n) is 3.56. The fourth-order valence-electron chi connectivity index (χ4n) is 1.34. The monoisotopic (exact) mass is 261 g/mol. The summed E-state index contributed by atoms with van der Waals surface area (Å²) in [5.41, 5.74) is 6.26. The van der Waals surface area contributed by atoms with E-state index in [2.05, 4.69) is 19.8 Å². The van der Waals surface area contributed by atoms with Gasteiger partial charge in [0.15, 0.2) is 5.82 Å². The highest BCUT2D eigenvalue weighted by molar-refractivity contribution is 5.18. The van der Waals surface area contributed by atoms with Gasteiger partial charge in [-0.25, -0.2) is 0 Å². The molecule has 0 aliphatic rings. The number of aryl methyl sites for hydroxylation is 1. The van der Waals surface area contributed by atoms with Crippen molar-refractivity contribution in [2.45, 2.75) is 25.7 Å². The number of aromatic nitrogens is 4. The zero-order chi connectivity index (χ0) is 13.3. The van der Waals surface area contributed by atoms with Crippen molar-refractivity contribution >= 4 is 0 Å². The molecule has 0 fully saturated rings. The number of alkyl halides is 3. The molecule has 1 unspecified atom stereocenters. The van der Waals surface area contributed by atoms with E-state index in [1.165, 1.54) is 6.20 Å². The van der Waals surface area contributed by atoms with Crippen molar-refractivity contribution in [1.29, 1.82) is 0 Å². The summed E-state index contributed by atoms with van der Waals surface area (Å²) >= 11 is 0. The van der Waals surface area contributed by atoms with Crippen LogP contribution in [0.15, 0.2) is 16.9 Å². The number of rotatable bonds is 3. The van der Waals surface area contributed by atoms with Gasteiger partial charge in [-0.3, -0.25) is 4.68 Å². The van der Waals surface area contributed by atoms with Gasteiger partial charge in [-0.05, 0) is 6.92 Å². The van der Waals surface area contributed by atoms with Crippen molar-refractivity contribution in [3.8, 4) is 0 Å². The lowest BCUT2D eigenvalue weighted by molar-refractivity contribution is -0.159. The molecule has 6 nitrogen and oxygen atoms in total. The molecule has 0 spiro atoms. The molecule has 18 heavy (non-hydrogen) atoms. The molecule has 2 N–H and O–H groups in total. The first-order valence-corrected chi connectivity index (χ1v) is 5.10. The van der Waals surface area contributed by atoms with Gasteiger partial charge < -0.3 is 10.3 Å². The third-order valence-corrected chi connectivity index (χ3v) is 2.30. The molecule has 0 amide bonds. The Morgan fingerprint density at radius 2 is 2.22 bits per heavy atom. The average molecular weight is 261 g/mol. The number of hydrogen-bond donors (Lipinski definition) is 1. The molecule has 2 heterocycles. The number of halogens is 3. The Balaban J connectivity index is 2.23. The zero-order valence-corrected chi connectivity index (χ0v) is 9.35. The van der Waals surface area contributed by atoms with Crippen LogP contribution in [0, 0.1) is 0 Å². The summed E-state index contributed by atoms with van der Waals surface area (Å²) in [6, 6.07) is -0.898. The van der Waals surface area contributed by atoms with Crippen LogP contribution < -0.4 is 5.73 Å². The smallest absolute Gasteiger partial charge is 0.329 e. The lowest BCUT2D eigenvalue weighted by atomic mass is 10.2. The maximum atomic E-state index is 12.3. The molecule has 2 rings (SSSR count). The highest BCUT2D eigenvalue weighted by Crippen LogP contribution is 2.28. The molecule has 0 bridgehead atoms. The fourth-order valence-corrected chi connectivity index (χ4v) is 1.34. The molecule has 0 aliphatic carbocycles. The predicted molar refractivity (Wildman–Crippen MR) is 53.2 cm³/mol. The minimum absolute atomic E-state index is 0.224. The minimum Gasteiger partial charge on any atom is -0.329 e. The van der Waals surface area contributed by atoms with Crippen LogP contribution in [0.2, 0.25) is 0 Å². The van der Waals surface area contributed by atoms with E-state index in [9.17, 15) is 13.2 Å². The summed E-state index contributed by atoms with van der Waals surface area (Å²) in [7, 11) is 0. The largest absolute Gasteiger partial charge is 0.471 e. The third-order valence-electron chi connectivity index (χ3n) is 2.30. The quantitative estimate of drug-likeness (QED) is 0.901. The van der Waals surface area contributed by atoms with E-state index < -0.39 is 18.1 Å². The van der Waals surface area contributed by atoms with Crippen molar-refractivity contribution < 1.29 is 17.7 Å². The van der Waals surface area contributed by atoms with E-state index in [1.54, 1.807) is 10.9 Å². The summed E-state index contributed by atoms with van der Waals surface area (Å²) in [6.07, 6.45) is -1.59. The van der Waals surface area contributed by atoms with E-state index in [-0.39, 0.29) is 5.82 Å². The number of nitrogens with zero attached hydrogens (tertiary/aromatic N) is 4. The van der Waals surface area contributed by atoms with E-state index in [4.69, 9.17) is 5.73 Å².